The molecule has 37 heavy (non-hydrogen) atoms. The number of carbonyl (C=O) groups is 2. The molecular formula is C29H32N4O3S. The van der Waals surface area contributed by atoms with Crippen LogP contribution in [0.15, 0.2) is 82.3 Å². The van der Waals surface area contributed by atoms with Crippen molar-refractivity contribution in [3.8, 4) is 0 Å². The lowest BCUT2D eigenvalue weighted by Gasteiger charge is -2.36. The lowest BCUT2D eigenvalue weighted by Crippen LogP contribution is -2.39. The van der Waals surface area contributed by atoms with Crippen LogP contribution in [0.3, 0.4) is 0 Å². The van der Waals surface area contributed by atoms with Gasteiger partial charge in [-0.05, 0) is 43.8 Å². The number of nitrogens with one attached hydrogen (secondary N) is 1. The molecule has 0 radical (unpaired) electrons. The summed E-state index contributed by atoms with van der Waals surface area (Å²) >= 11 is 1.48. The number of benzene rings is 2. The average Bonchev–Trinajstić information content (AvgIpc) is 3.59. The molecule has 3 aliphatic heterocycles. The number of aliphatic imine (C=N–C) groups is 1. The van der Waals surface area contributed by atoms with Gasteiger partial charge in [-0.2, -0.15) is 0 Å². The molecule has 8 heteroatoms. The third-order valence-electron chi connectivity index (χ3n) is 6.76. The van der Waals surface area contributed by atoms with Crippen molar-refractivity contribution in [2.24, 2.45) is 4.99 Å². The van der Waals surface area contributed by atoms with Crippen LogP contribution >= 0.6 is 11.8 Å². The van der Waals surface area contributed by atoms with Crippen LogP contribution in [-0.4, -0.2) is 59.6 Å². The van der Waals surface area contributed by atoms with Crippen molar-refractivity contribution < 1.29 is 14.3 Å². The number of likely N-dealkylation sites (tertiary alicyclic amines) is 1. The van der Waals surface area contributed by atoms with E-state index < -0.39 is 12.0 Å². The van der Waals surface area contributed by atoms with Gasteiger partial charge in [-0.15, -0.1) is 0 Å². The zero-order valence-corrected chi connectivity index (χ0v) is 21.9. The van der Waals surface area contributed by atoms with Gasteiger partial charge < -0.3 is 19.9 Å². The van der Waals surface area contributed by atoms with E-state index in [1.807, 2.05) is 71.0 Å². The SMILES string of the molecule is CCOC(=O)C1=C(c2ccccc2)N=C2SC=C(CC(=O)NCCN3CCCC3)N2C1c1ccccc1. The molecule has 0 aliphatic carbocycles. The maximum absolute atomic E-state index is 13.5. The summed E-state index contributed by atoms with van der Waals surface area (Å²) in [6.45, 7) is 5.79. The molecule has 0 saturated carbocycles. The maximum Gasteiger partial charge on any atom is 0.338 e. The molecule has 7 nitrogen and oxygen atoms in total. The van der Waals surface area contributed by atoms with E-state index in [1.54, 1.807) is 6.92 Å². The van der Waals surface area contributed by atoms with Crippen LogP contribution in [-0.2, 0) is 14.3 Å². The Bertz CT molecular complexity index is 1220. The van der Waals surface area contributed by atoms with E-state index in [0.717, 1.165) is 41.6 Å². The Labute approximate surface area is 222 Å². The smallest absolute Gasteiger partial charge is 0.338 e. The lowest BCUT2D eigenvalue weighted by molar-refractivity contribution is -0.139. The highest BCUT2D eigenvalue weighted by molar-refractivity contribution is 8.16. The van der Waals surface area contributed by atoms with Crippen LogP contribution in [0.4, 0.5) is 0 Å². The fourth-order valence-electron chi connectivity index (χ4n) is 5.03. The Balaban J connectivity index is 1.46. The quantitative estimate of drug-likeness (QED) is 0.493. The highest BCUT2D eigenvalue weighted by atomic mass is 32.2. The summed E-state index contributed by atoms with van der Waals surface area (Å²) < 4.78 is 5.55. The number of hydrogen-bond acceptors (Lipinski definition) is 7. The van der Waals surface area contributed by atoms with Crippen LogP contribution in [0, 0.1) is 0 Å². The minimum Gasteiger partial charge on any atom is -0.463 e. The van der Waals surface area contributed by atoms with E-state index in [2.05, 4.69) is 10.2 Å². The predicted octanol–water partition coefficient (Wildman–Crippen LogP) is 4.56. The second kappa shape index (κ2) is 11.8. The molecule has 3 aliphatic rings. The van der Waals surface area contributed by atoms with Crippen molar-refractivity contribution in [2.45, 2.75) is 32.2 Å². The molecule has 1 atom stereocenters. The Hall–Kier alpha value is -3.36. The molecule has 192 valence electrons. The van der Waals surface area contributed by atoms with Gasteiger partial charge in [-0.3, -0.25) is 4.79 Å². The minimum absolute atomic E-state index is 0.0328. The molecule has 1 saturated heterocycles. The van der Waals surface area contributed by atoms with Gasteiger partial charge in [-0.25, -0.2) is 9.79 Å². The van der Waals surface area contributed by atoms with Crippen molar-refractivity contribution in [3.05, 3.63) is 88.5 Å². The highest BCUT2D eigenvalue weighted by Crippen LogP contribution is 2.46. The van der Waals surface area contributed by atoms with Crippen molar-refractivity contribution in [3.63, 3.8) is 0 Å². The van der Waals surface area contributed by atoms with E-state index in [9.17, 15) is 9.59 Å². The van der Waals surface area contributed by atoms with Gasteiger partial charge in [0.1, 0.15) is 0 Å². The van der Waals surface area contributed by atoms with Gasteiger partial charge in [0.05, 0.1) is 30.3 Å². The number of thioether (sulfide) groups is 1. The first-order valence-electron chi connectivity index (χ1n) is 12.9. The molecule has 0 aromatic heterocycles. The number of esters is 1. The van der Waals surface area contributed by atoms with Crippen molar-refractivity contribution >= 4 is 34.5 Å². The first kappa shape index (κ1) is 25.3. The van der Waals surface area contributed by atoms with Crippen LogP contribution < -0.4 is 5.32 Å². The molecule has 2 aromatic rings. The zero-order chi connectivity index (χ0) is 25.6. The van der Waals surface area contributed by atoms with E-state index >= 15 is 0 Å². The number of rotatable bonds is 9. The summed E-state index contributed by atoms with van der Waals surface area (Å²) in [4.78, 5) is 35.8. The molecule has 0 bridgehead atoms. The molecule has 5 rings (SSSR count). The minimum atomic E-state index is -0.457. The molecule has 3 heterocycles. The van der Waals surface area contributed by atoms with Crippen molar-refractivity contribution in [1.82, 2.24) is 15.1 Å². The Morgan fingerprint density at radius 2 is 1.76 bits per heavy atom. The third kappa shape index (κ3) is 5.65. The average molecular weight is 517 g/mol. The zero-order valence-electron chi connectivity index (χ0n) is 21.1. The predicted molar refractivity (Wildman–Crippen MR) is 147 cm³/mol. The summed E-state index contributed by atoms with van der Waals surface area (Å²) in [5.41, 5.74) is 3.70. The summed E-state index contributed by atoms with van der Waals surface area (Å²) in [6.07, 6.45) is 2.68. The highest BCUT2D eigenvalue weighted by Gasteiger charge is 2.42. The second-order valence-electron chi connectivity index (χ2n) is 9.23. The molecule has 1 fully saturated rings. The van der Waals surface area contributed by atoms with Gasteiger partial charge >= 0.3 is 5.97 Å². The molecular weight excluding hydrogens is 484 g/mol. The first-order valence-corrected chi connectivity index (χ1v) is 13.8. The van der Waals surface area contributed by atoms with Gasteiger partial charge in [0, 0.05) is 24.4 Å². The van der Waals surface area contributed by atoms with Crippen LogP contribution in [0.2, 0.25) is 0 Å². The largest absolute Gasteiger partial charge is 0.463 e. The van der Waals surface area contributed by atoms with Crippen molar-refractivity contribution in [1.29, 1.82) is 0 Å². The lowest BCUT2D eigenvalue weighted by atomic mass is 9.91. The number of amidine groups is 1. The van der Waals surface area contributed by atoms with E-state index in [4.69, 9.17) is 9.73 Å². The third-order valence-corrected chi connectivity index (χ3v) is 7.65. The fourth-order valence-corrected chi connectivity index (χ4v) is 5.94. The van der Waals surface area contributed by atoms with Gasteiger partial charge in [0.15, 0.2) is 5.17 Å². The monoisotopic (exact) mass is 516 g/mol. The van der Waals surface area contributed by atoms with Crippen LogP contribution in [0.1, 0.15) is 43.4 Å². The van der Waals surface area contributed by atoms with Gasteiger partial charge in [-0.1, -0.05) is 72.4 Å². The van der Waals surface area contributed by atoms with Crippen molar-refractivity contribution in [2.75, 3.05) is 32.8 Å². The molecule has 2 aromatic carbocycles. The second-order valence-corrected chi connectivity index (χ2v) is 10.1. The Morgan fingerprint density at radius 1 is 1.05 bits per heavy atom. The molecule has 1 amide bonds. The number of fused-ring (bicyclic) bond motifs is 1. The maximum atomic E-state index is 13.5. The first-order chi connectivity index (χ1) is 18.2. The standard InChI is InChI=1S/C29H32N4O3S/c1-2-36-28(35)25-26(21-11-5-3-6-12-21)31-29-33(27(25)22-13-7-4-8-14-22)23(20-37-29)19-24(34)30-15-18-32-16-9-10-17-32/h3-8,11-14,20,27H,2,9-10,15-19H2,1H3,(H,30,34). The van der Waals surface area contributed by atoms with E-state index in [-0.39, 0.29) is 18.9 Å². The summed E-state index contributed by atoms with van der Waals surface area (Å²) in [7, 11) is 0. The number of ether oxygens (including phenoxy) is 1. The number of carbonyl (C=O) groups excluding carboxylic acids is 2. The fraction of sp³-hybridized carbons (Fsp3) is 0.345. The summed E-state index contributed by atoms with van der Waals surface area (Å²) in [5.74, 6) is -0.432. The van der Waals surface area contributed by atoms with Gasteiger partial charge in [0.2, 0.25) is 5.91 Å². The molecule has 1 unspecified atom stereocenters. The number of amides is 1. The van der Waals surface area contributed by atoms with Gasteiger partial charge in [0.25, 0.3) is 0 Å². The molecule has 0 spiro atoms. The van der Waals surface area contributed by atoms with Crippen LogP contribution in [0.5, 0.6) is 0 Å². The topological polar surface area (TPSA) is 74.2 Å². The normalized spacial score (nSPS) is 19.4. The number of nitrogens with zero attached hydrogens (tertiary/aromatic N) is 3. The summed E-state index contributed by atoms with van der Waals surface area (Å²) in [6, 6.07) is 19.2. The van der Waals surface area contributed by atoms with Crippen LogP contribution in [0.25, 0.3) is 5.70 Å². The Morgan fingerprint density at radius 3 is 2.46 bits per heavy atom. The van der Waals surface area contributed by atoms with E-state index in [0.29, 0.717) is 17.8 Å². The summed E-state index contributed by atoms with van der Waals surface area (Å²) in [5, 5.41) is 5.80. The number of hydrogen-bond donors (Lipinski definition) is 1. The van der Waals surface area contributed by atoms with E-state index in [1.165, 1.54) is 24.6 Å². The molecule has 1 N–H and O–H groups in total. The Kier molecular flexibility index (Phi) is 8.06.